The summed E-state index contributed by atoms with van der Waals surface area (Å²) in [5, 5.41) is 9.34. The predicted molar refractivity (Wildman–Crippen MR) is 62.4 cm³/mol. The summed E-state index contributed by atoms with van der Waals surface area (Å²) >= 11 is 4.88. The van der Waals surface area contributed by atoms with Gasteiger partial charge in [-0.05, 0) is 6.08 Å². The molecule has 1 unspecified atom stereocenters. The van der Waals surface area contributed by atoms with Crippen LogP contribution in [0.2, 0.25) is 0 Å². The average Bonchev–Trinajstić information content (AvgIpc) is 2.36. The van der Waals surface area contributed by atoms with Gasteiger partial charge in [-0.3, -0.25) is 5.10 Å². The Hall–Kier alpha value is 0.410. The van der Waals surface area contributed by atoms with Gasteiger partial charge in [0.2, 0.25) is 0 Å². The van der Waals surface area contributed by atoms with Gasteiger partial charge in [0.25, 0.3) is 0 Å². The molecule has 11 heavy (non-hydrogen) atoms. The van der Waals surface area contributed by atoms with Gasteiger partial charge in [-0.15, -0.1) is 0 Å². The fraction of sp³-hybridized carbons (Fsp3) is 0.286. The van der Waals surface area contributed by atoms with Gasteiger partial charge in [-0.2, -0.15) is 5.10 Å². The van der Waals surface area contributed by atoms with E-state index in [0.717, 1.165) is 5.35 Å². The predicted octanol–water partition coefficient (Wildman–Crippen LogP) is 0.592. The van der Waals surface area contributed by atoms with Gasteiger partial charge >= 0.3 is 0 Å². The molecule has 1 aliphatic carbocycles. The first kappa shape index (κ1) is 8.03. The molecule has 0 fully saturated rings. The second-order valence-corrected chi connectivity index (χ2v) is 5.34. The Morgan fingerprint density at radius 3 is 2.82 bits per heavy atom. The van der Waals surface area contributed by atoms with Crippen molar-refractivity contribution in [2.45, 2.75) is 7.85 Å². The highest BCUT2D eigenvalue weighted by Gasteiger charge is 2.13. The number of aromatic amines is 1. The Bertz CT molecular complexity index is 334. The molecule has 1 aromatic heterocycles. The van der Waals surface area contributed by atoms with Gasteiger partial charge in [0.15, 0.2) is 0 Å². The maximum atomic E-state index is 3.98. The highest BCUT2D eigenvalue weighted by Crippen LogP contribution is 2.18. The van der Waals surface area contributed by atoms with Crippen molar-refractivity contribution in [2.24, 2.45) is 0 Å². The Morgan fingerprint density at radius 2 is 2.00 bits per heavy atom. The number of aromatic nitrogens is 2. The van der Waals surface area contributed by atoms with E-state index in [4.69, 9.17) is 0 Å². The number of rotatable bonds is 0. The molecular weight excluding hydrogens is 366 g/mol. The van der Waals surface area contributed by atoms with Crippen LogP contribution in [0.1, 0.15) is 0 Å². The van der Waals surface area contributed by atoms with E-state index in [9.17, 15) is 0 Å². The highest BCUT2D eigenvalue weighted by molar-refractivity contribution is 14.1. The second-order valence-electron chi connectivity index (χ2n) is 2.46. The van der Waals surface area contributed by atoms with Gasteiger partial charge in [-0.25, -0.2) is 0 Å². The molecule has 0 saturated carbocycles. The largest absolute Gasteiger partial charge is 0.278 e. The minimum Gasteiger partial charge on any atom is -0.278 e. The number of nitrogens with zero attached hydrogens (tertiary/aromatic N) is 1. The van der Waals surface area contributed by atoms with Crippen molar-refractivity contribution in [3.63, 3.8) is 0 Å². The first-order valence-corrected chi connectivity index (χ1v) is 5.78. The maximum absolute atomic E-state index is 3.98. The van der Waals surface area contributed by atoms with E-state index in [2.05, 4.69) is 67.5 Å². The Morgan fingerprint density at radius 1 is 1.27 bits per heavy atom. The number of hydrogen-bond donors (Lipinski definition) is 1. The second kappa shape index (κ2) is 3.04. The lowest BCUT2D eigenvalue weighted by Crippen LogP contribution is -2.32. The van der Waals surface area contributed by atoms with Crippen LogP contribution in [0.5, 0.6) is 0 Å². The van der Waals surface area contributed by atoms with Crippen molar-refractivity contribution in [3.05, 3.63) is 16.8 Å². The molecule has 0 bridgehead atoms. The van der Waals surface area contributed by atoms with Gasteiger partial charge < -0.3 is 0 Å². The summed E-state index contributed by atoms with van der Waals surface area (Å²) in [7, 11) is 0. The van der Waals surface area contributed by atoms with Crippen molar-refractivity contribution < 1.29 is 0 Å². The maximum Gasteiger partial charge on any atom is 0.0618 e. The zero-order chi connectivity index (χ0) is 7.84. The molecule has 0 aromatic carbocycles. The summed E-state index contributed by atoms with van der Waals surface area (Å²) in [4.78, 5) is 0. The molecule has 1 heterocycles. The van der Waals surface area contributed by atoms with Crippen molar-refractivity contribution in [2.75, 3.05) is 0 Å². The standard InChI is InChI=1S/C7H6I2N2/c8-5-1-4-3-10-11-7(4)2-6(5)9/h1-3,5-6,11H/t5?,6-/m0/s1. The molecule has 1 aliphatic rings. The highest BCUT2D eigenvalue weighted by atomic mass is 127. The van der Waals surface area contributed by atoms with Crippen LogP contribution >= 0.6 is 45.2 Å². The van der Waals surface area contributed by atoms with Crippen molar-refractivity contribution >= 4 is 57.3 Å². The number of fused-ring (bicyclic) bond motifs is 1. The summed E-state index contributed by atoms with van der Waals surface area (Å²) in [5.41, 5.74) is 0. The lowest BCUT2D eigenvalue weighted by Gasteiger charge is -2.10. The topological polar surface area (TPSA) is 28.7 Å². The molecule has 0 radical (unpaired) electrons. The summed E-state index contributed by atoms with van der Waals surface area (Å²) in [5.74, 6) is 0. The quantitative estimate of drug-likeness (QED) is 0.525. The normalized spacial score (nSPS) is 28.5. The molecule has 0 spiro atoms. The summed E-state index contributed by atoms with van der Waals surface area (Å²) in [6.07, 6.45) is 6.34. The first-order chi connectivity index (χ1) is 5.27. The SMILES string of the molecule is IC1C=c2cn[nH]c2=C[C@@H]1I. The number of hydrogen-bond acceptors (Lipinski definition) is 1. The van der Waals surface area contributed by atoms with Gasteiger partial charge in [-0.1, -0.05) is 51.3 Å². The van der Waals surface area contributed by atoms with Gasteiger partial charge in [0.05, 0.1) is 11.5 Å². The Labute approximate surface area is 91.4 Å². The molecule has 2 atom stereocenters. The molecule has 2 rings (SSSR count). The van der Waals surface area contributed by atoms with Crippen molar-refractivity contribution in [1.82, 2.24) is 10.2 Å². The van der Waals surface area contributed by atoms with Crippen LogP contribution in [-0.4, -0.2) is 18.0 Å². The molecule has 0 aliphatic heterocycles. The van der Waals surface area contributed by atoms with Gasteiger partial charge in [0.1, 0.15) is 0 Å². The van der Waals surface area contributed by atoms with E-state index in [1.165, 1.54) is 5.22 Å². The molecule has 0 saturated heterocycles. The average molecular weight is 372 g/mol. The van der Waals surface area contributed by atoms with E-state index >= 15 is 0 Å². The van der Waals surface area contributed by atoms with Crippen LogP contribution in [0.15, 0.2) is 6.20 Å². The number of H-pyrrole nitrogens is 1. The smallest absolute Gasteiger partial charge is 0.0618 e. The number of nitrogens with one attached hydrogen (secondary N) is 1. The number of halogens is 2. The fourth-order valence-corrected chi connectivity index (χ4v) is 2.25. The summed E-state index contributed by atoms with van der Waals surface area (Å²) in [6.45, 7) is 0. The zero-order valence-corrected chi connectivity index (χ0v) is 9.90. The van der Waals surface area contributed by atoms with E-state index < -0.39 is 0 Å². The minimum atomic E-state index is 0.584. The van der Waals surface area contributed by atoms with Crippen LogP contribution in [0, 0.1) is 0 Å². The third-order valence-corrected chi connectivity index (χ3v) is 5.31. The van der Waals surface area contributed by atoms with Crippen molar-refractivity contribution in [1.29, 1.82) is 0 Å². The van der Waals surface area contributed by atoms with E-state index in [-0.39, 0.29) is 0 Å². The van der Waals surface area contributed by atoms with Crippen LogP contribution in [0.25, 0.3) is 12.2 Å². The van der Waals surface area contributed by atoms with Crippen LogP contribution in [0.4, 0.5) is 0 Å². The monoisotopic (exact) mass is 372 g/mol. The molecule has 2 nitrogen and oxygen atoms in total. The third-order valence-electron chi connectivity index (χ3n) is 1.67. The molecule has 58 valence electrons. The van der Waals surface area contributed by atoms with Crippen molar-refractivity contribution in [3.8, 4) is 0 Å². The Kier molecular flexibility index (Phi) is 2.22. The molecule has 4 heteroatoms. The molecular formula is C7H6I2N2. The van der Waals surface area contributed by atoms with Crippen LogP contribution < -0.4 is 10.6 Å². The van der Waals surface area contributed by atoms with E-state index in [0.29, 0.717) is 7.85 Å². The van der Waals surface area contributed by atoms with Gasteiger partial charge in [0, 0.05) is 13.1 Å². The minimum absolute atomic E-state index is 0.584. The number of alkyl halides is 2. The molecule has 1 aromatic rings. The zero-order valence-electron chi connectivity index (χ0n) is 5.59. The molecule has 1 N–H and O–H groups in total. The summed E-state index contributed by atoms with van der Waals surface area (Å²) < 4.78 is 1.18. The van der Waals surface area contributed by atoms with E-state index in [1.807, 2.05) is 6.20 Å². The lowest BCUT2D eigenvalue weighted by atomic mass is 10.2. The van der Waals surface area contributed by atoms with E-state index in [1.54, 1.807) is 0 Å². The van der Waals surface area contributed by atoms with Crippen LogP contribution in [-0.2, 0) is 0 Å². The summed E-state index contributed by atoms with van der Waals surface area (Å²) in [6, 6.07) is 0. The third kappa shape index (κ3) is 1.47. The fourth-order valence-electron chi connectivity index (χ4n) is 1.09. The lowest BCUT2D eigenvalue weighted by molar-refractivity contribution is 1.05. The van der Waals surface area contributed by atoms with Crippen LogP contribution in [0.3, 0.4) is 0 Å². The molecule has 0 amide bonds. The Balaban J connectivity index is 2.69. The first-order valence-electron chi connectivity index (χ1n) is 3.28.